The number of nitrogens with zero attached hydrogens (tertiary/aromatic N) is 3. The fourth-order valence-corrected chi connectivity index (χ4v) is 3.80. The van der Waals surface area contributed by atoms with Crippen molar-refractivity contribution in [1.29, 1.82) is 5.26 Å². The Morgan fingerprint density at radius 3 is 2.66 bits per heavy atom. The standard InChI is InChI=1S/C23H24N4OS/c1-5-15(2)18-6-8-21(9-7-18)27-16(3)12-19(17(27)4)13-20(14-24)22(28)26-23-25-10-11-29-23/h6-13,15H,5H2,1-4H3,(H,25,26,28)/b20-13-. The van der Waals surface area contributed by atoms with Gasteiger partial charge in [-0.1, -0.05) is 26.0 Å². The Kier molecular flexibility index (Phi) is 6.30. The van der Waals surface area contributed by atoms with Gasteiger partial charge in [-0.05, 0) is 61.6 Å². The molecule has 0 aliphatic heterocycles. The third kappa shape index (κ3) is 4.47. The first-order chi connectivity index (χ1) is 13.9. The third-order valence-electron chi connectivity index (χ3n) is 5.12. The number of benzene rings is 1. The van der Waals surface area contributed by atoms with Gasteiger partial charge in [-0.25, -0.2) is 4.98 Å². The quantitative estimate of drug-likeness (QED) is 0.429. The minimum atomic E-state index is -0.454. The lowest BCUT2D eigenvalue weighted by atomic mass is 9.98. The maximum absolute atomic E-state index is 12.4. The van der Waals surface area contributed by atoms with Crippen LogP contribution in [0.4, 0.5) is 5.13 Å². The molecule has 0 aliphatic carbocycles. The van der Waals surface area contributed by atoms with Gasteiger partial charge in [-0.2, -0.15) is 5.26 Å². The molecule has 0 aliphatic rings. The highest BCUT2D eigenvalue weighted by atomic mass is 32.1. The molecule has 1 N–H and O–H groups in total. The predicted octanol–water partition coefficient (Wildman–Crippen LogP) is 5.61. The Morgan fingerprint density at radius 2 is 2.07 bits per heavy atom. The van der Waals surface area contributed by atoms with E-state index in [2.05, 4.69) is 53.0 Å². The van der Waals surface area contributed by atoms with Crippen LogP contribution < -0.4 is 5.32 Å². The van der Waals surface area contributed by atoms with Gasteiger partial charge in [-0.3, -0.25) is 10.1 Å². The van der Waals surface area contributed by atoms with Crippen molar-refractivity contribution in [3.63, 3.8) is 0 Å². The average molecular weight is 405 g/mol. The van der Waals surface area contributed by atoms with Crippen molar-refractivity contribution in [3.8, 4) is 11.8 Å². The highest BCUT2D eigenvalue weighted by Crippen LogP contribution is 2.25. The van der Waals surface area contributed by atoms with E-state index in [-0.39, 0.29) is 5.57 Å². The van der Waals surface area contributed by atoms with Crippen LogP contribution in [0.5, 0.6) is 0 Å². The van der Waals surface area contributed by atoms with Crippen LogP contribution in [-0.4, -0.2) is 15.5 Å². The van der Waals surface area contributed by atoms with Gasteiger partial charge in [0, 0.05) is 28.7 Å². The van der Waals surface area contributed by atoms with Gasteiger partial charge in [-0.15, -0.1) is 11.3 Å². The van der Waals surface area contributed by atoms with E-state index in [1.54, 1.807) is 17.7 Å². The number of hydrogen-bond donors (Lipinski definition) is 1. The Bertz CT molecular complexity index is 1070. The van der Waals surface area contributed by atoms with Crippen LogP contribution in [0.25, 0.3) is 11.8 Å². The number of carbonyl (C=O) groups excluding carboxylic acids is 1. The normalized spacial score (nSPS) is 12.4. The summed E-state index contributed by atoms with van der Waals surface area (Å²) < 4.78 is 2.14. The monoisotopic (exact) mass is 404 g/mol. The molecule has 6 heteroatoms. The third-order valence-corrected chi connectivity index (χ3v) is 5.81. The number of aryl methyl sites for hydroxylation is 1. The van der Waals surface area contributed by atoms with Gasteiger partial charge in [0.15, 0.2) is 5.13 Å². The number of aromatic nitrogens is 2. The van der Waals surface area contributed by atoms with E-state index in [1.165, 1.54) is 16.9 Å². The molecule has 1 amide bonds. The number of rotatable bonds is 6. The van der Waals surface area contributed by atoms with E-state index in [1.807, 2.05) is 26.0 Å². The first-order valence-corrected chi connectivity index (χ1v) is 10.4. The van der Waals surface area contributed by atoms with Gasteiger partial charge in [0.05, 0.1) is 0 Å². The summed E-state index contributed by atoms with van der Waals surface area (Å²) in [7, 11) is 0. The van der Waals surface area contributed by atoms with Crippen LogP contribution in [0, 0.1) is 25.2 Å². The first-order valence-electron chi connectivity index (χ1n) is 9.56. The van der Waals surface area contributed by atoms with Crippen molar-refractivity contribution in [1.82, 2.24) is 9.55 Å². The van der Waals surface area contributed by atoms with Crippen molar-refractivity contribution in [3.05, 3.63) is 70.0 Å². The molecule has 1 atom stereocenters. The Morgan fingerprint density at radius 1 is 1.34 bits per heavy atom. The lowest BCUT2D eigenvalue weighted by molar-refractivity contribution is -0.112. The van der Waals surface area contributed by atoms with Gasteiger partial charge < -0.3 is 4.57 Å². The molecular weight excluding hydrogens is 380 g/mol. The van der Waals surface area contributed by atoms with Gasteiger partial charge in [0.1, 0.15) is 11.6 Å². The molecule has 2 heterocycles. The van der Waals surface area contributed by atoms with Crippen molar-refractivity contribution < 1.29 is 4.79 Å². The number of anilines is 1. The molecule has 0 radical (unpaired) electrons. The van der Waals surface area contributed by atoms with Crippen molar-refractivity contribution >= 4 is 28.5 Å². The second kappa shape index (κ2) is 8.89. The lowest BCUT2D eigenvalue weighted by Gasteiger charge is -2.13. The molecule has 0 fully saturated rings. The predicted molar refractivity (Wildman–Crippen MR) is 118 cm³/mol. The molecule has 29 heavy (non-hydrogen) atoms. The molecule has 0 saturated heterocycles. The van der Waals surface area contributed by atoms with Crippen LogP contribution in [0.2, 0.25) is 0 Å². The van der Waals surface area contributed by atoms with E-state index >= 15 is 0 Å². The second-order valence-corrected chi connectivity index (χ2v) is 7.92. The number of nitriles is 1. The molecule has 1 unspecified atom stereocenters. The van der Waals surface area contributed by atoms with Crippen LogP contribution in [0.15, 0.2) is 47.5 Å². The molecule has 5 nitrogen and oxygen atoms in total. The smallest absolute Gasteiger partial charge is 0.268 e. The topological polar surface area (TPSA) is 70.7 Å². The SMILES string of the molecule is CCC(C)c1ccc(-n2c(C)cc(/C=C(/C#N)C(=O)Nc3nccs3)c2C)cc1. The molecule has 0 saturated carbocycles. The van der Waals surface area contributed by atoms with E-state index in [0.29, 0.717) is 11.0 Å². The average Bonchev–Trinajstić information content (AvgIpc) is 3.33. The summed E-state index contributed by atoms with van der Waals surface area (Å²) >= 11 is 1.31. The van der Waals surface area contributed by atoms with Crippen molar-refractivity contribution in [2.24, 2.45) is 0 Å². The van der Waals surface area contributed by atoms with Gasteiger partial charge in [0.2, 0.25) is 0 Å². The number of hydrogen-bond acceptors (Lipinski definition) is 4. The summed E-state index contributed by atoms with van der Waals surface area (Å²) in [4.78, 5) is 16.4. The summed E-state index contributed by atoms with van der Waals surface area (Å²) in [5.41, 5.74) is 5.31. The Balaban J connectivity index is 1.91. The summed E-state index contributed by atoms with van der Waals surface area (Å²) in [5, 5.41) is 14.4. The minimum absolute atomic E-state index is 0.0487. The molecule has 148 valence electrons. The van der Waals surface area contributed by atoms with E-state index in [4.69, 9.17) is 0 Å². The van der Waals surface area contributed by atoms with E-state index in [9.17, 15) is 10.1 Å². The zero-order valence-electron chi connectivity index (χ0n) is 17.1. The molecule has 0 bridgehead atoms. The summed E-state index contributed by atoms with van der Waals surface area (Å²) in [6, 6.07) is 12.6. The molecule has 3 aromatic rings. The molecule has 2 aromatic heterocycles. The largest absolute Gasteiger partial charge is 0.318 e. The van der Waals surface area contributed by atoms with E-state index < -0.39 is 5.91 Å². The Labute approximate surface area is 175 Å². The number of carbonyl (C=O) groups is 1. The number of amides is 1. The molecule has 0 spiro atoms. The highest BCUT2D eigenvalue weighted by Gasteiger charge is 2.15. The zero-order chi connectivity index (χ0) is 21.0. The summed E-state index contributed by atoms with van der Waals surface area (Å²) in [6.07, 6.45) is 4.35. The maximum atomic E-state index is 12.4. The van der Waals surface area contributed by atoms with Gasteiger partial charge >= 0.3 is 0 Å². The lowest BCUT2D eigenvalue weighted by Crippen LogP contribution is -2.13. The van der Waals surface area contributed by atoms with Crippen LogP contribution >= 0.6 is 11.3 Å². The second-order valence-electron chi connectivity index (χ2n) is 7.02. The first kappa shape index (κ1) is 20.6. The summed E-state index contributed by atoms with van der Waals surface area (Å²) in [6.45, 7) is 8.43. The fourth-order valence-electron chi connectivity index (χ4n) is 3.27. The molecule has 1 aromatic carbocycles. The van der Waals surface area contributed by atoms with Crippen LogP contribution in [-0.2, 0) is 4.79 Å². The minimum Gasteiger partial charge on any atom is -0.318 e. The van der Waals surface area contributed by atoms with Crippen LogP contribution in [0.3, 0.4) is 0 Å². The Hall–Kier alpha value is -3.17. The molecule has 3 rings (SSSR count). The van der Waals surface area contributed by atoms with Gasteiger partial charge in [0.25, 0.3) is 5.91 Å². The number of thiazole rings is 1. The van der Waals surface area contributed by atoms with E-state index in [0.717, 1.165) is 29.1 Å². The fraction of sp³-hybridized carbons (Fsp3) is 0.261. The number of nitrogens with one attached hydrogen (secondary N) is 1. The maximum Gasteiger partial charge on any atom is 0.268 e. The highest BCUT2D eigenvalue weighted by molar-refractivity contribution is 7.13. The van der Waals surface area contributed by atoms with Crippen molar-refractivity contribution in [2.45, 2.75) is 40.0 Å². The van der Waals surface area contributed by atoms with Crippen LogP contribution in [0.1, 0.15) is 48.7 Å². The zero-order valence-corrected chi connectivity index (χ0v) is 17.9. The molecular formula is C23H24N4OS. The van der Waals surface area contributed by atoms with Crippen molar-refractivity contribution in [2.75, 3.05) is 5.32 Å². The summed E-state index contributed by atoms with van der Waals surface area (Å²) in [5.74, 6) is 0.0779.